The van der Waals surface area contributed by atoms with E-state index >= 15 is 0 Å². The minimum atomic E-state index is -4.02. The first kappa shape index (κ1) is 8.23. The molecule has 0 aliphatic rings. The molecule has 0 aromatic heterocycles. The molecule has 3 nitrogen and oxygen atoms in total. The second kappa shape index (κ2) is 2.64. The van der Waals surface area contributed by atoms with E-state index in [1.807, 2.05) is 6.92 Å². The average Bonchev–Trinajstić information content (AvgIpc) is 1.86. The van der Waals surface area contributed by atoms with Gasteiger partial charge in [-0.3, -0.25) is 4.55 Å². The summed E-state index contributed by atoms with van der Waals surface area (Å²) in [5.74, 6) is 0. The third-order valence-electron chi connectivity index (χ3n) is 1.32. The van der Waals surface area contributed by atoms with Gasteiger partial charge in [0, 0.05) is 0 Å². The Bertz CT molecular complexity index is 336. The highest BCUT2D eigenvalue weighted by Crippen LogP contribution is 2.08. The first-order valence-electron chi connectivity index (χ1n) is 3.04. The Balaban J connectivity index is 3.20. The molecule has 0 spiro atoms. The lowest BCUT2D eigenvalue weighted by Crippen LogP contribution is -1.96. The molecule has 0 saturated heterocycles. The van der Waals surface area contributed by atoms with Crippen molar-refractivity contribution in [2.24, 2.45) is 0 Å². The molecule has 0 aliphatic heterocycles. The number of aryl methyl sites for hydroxylation is 1. The zero-order valence-corrected chi connectivity index (χ0v) is 6.80. The lowest BCUT2D eigenvalue weighted by Gasteiger charge is -1.95. The highest BCUT2D eigenvalue weighted by Gasteiger charge is 2.06. The summed E-state index contributed by atoms with van der Waals surface area (Å²) < 4.78 is 29.6. The van der Waals surface area contributed by atoms with Gasteiger partial charge >= 0.3 is 0 Å². The molecular formula is C7H8O3S. The van der Waals surface area contributed by atoms with Gasteiger partial charge in [0.25, 0.3) is 10.1 Å². The lowest BCUT2D eigenvalue weighted by molar-refractivity contribution is 0.483. The molecule has 0 aliphatic carbocycles. The number of benzene rings is 1. The molecule has 0 fully saturated rings. The Morgan fingerprint density at radius 1 is 1.18 bits per heavy atom. The second-order valence-electron chi connectivity index (χ2n) is 2.29. The number of hydrogen-bond acceptors (Lipinski definition) is 2. The van der Waals surface area contributed by atoms with Gasteiger partial charge in [0.05, 0.1) is 4.90 Å². The summed E-state index contributed by atoms with van der Waals surface area (Å²) in [6, 6.07) is 5.99. The van der Waals surface area contributed by atoms with Crippen molar-refractivity contribution in [1.29, 1.82) is 0 Å². The van der Waals surface area contributed by atoms with Gasteiger partial charge in [-0.25, -0.2) is 0 Å². The summed E-state index contributed by atoms with van der Waals surface area (Å²) in [5, 5.41) is 0. The molecule has 4 heteroatoms. The molecule has 1 aromatic rings. The van der Waals surface area contributed by atoms with E-state index in [0.717, 1.165) is 5.56 Å². The third kappa shape index (κ3) is 2.03. The van der Waals surface area contributed by atoms with Crippen LogP contribution in [-0.4, -0.2) is 13.0 Å². The highest BCUT2D eigenvalue weighted by molar-refractivity contribution is 7.85. The molecular weight excluding hydrogens is 164 g/mol. The van der Waals surface area contributed by atoms with Crippen LogP contribution in [0.15, 0.2) is 29.2 Å². The molecule has 0 radical (unpaired) electrons. The summed E-state index contributed by atoms with van der Waals surface area (Å²) >= 11 is 0. The molecule has 0 heterocycles. The lowest BCUT2D eigenvalue weighted by atomic mass is 10.2. The van der Waals surface area contributed by atoms with Gasteiger partial charge in [0.1, 0.15) is 0 Å². The van der Waals surface area contributed by atoms with Crippen LogP contribution < -0.4 is 0 Å². The maximum Gasteiger partial charge on any atom is 0.294 e. The van der Waals surface area contributed by atoms with Gasteiger partial charge in [0.2, 0.25) is 0 Å². The minimum Gasteiger partial charge on any atom is -0.282 e. The molecule has 0 amide bonds. The van der Waals surface area contributed by atoms with E-state index in [-0.39, 0.29) is 4.90 Å². The summed E-state index contributed by atoms with van der Waals surface area (Å²) in [6.45, 7) is 1.84. The van der Waals surface area contributed by atoms with Crippen molar-refractivity contribution < 1.29 is 13.0 Å². The van der Waals surface area contributed by atoms with E-state index in [2.05, 4.69) is 0 Å². The van der Waals surface area contributed by atoms with Gasteiger partial charge in [-0.1, -0.05) is 17.7 Å². The molecule has 11 heavy (non-hydrogen) atoms. The Labute approximate surface area is 65.4 Å². The minimum absolute atomic E-state index is 0.0666. The fraction of sp³-hybridized carbons (Fsp3) is 0.143. The van der Waals surface area contributed by atoms with Crippen LogP contribution in [0.25, 0.3) is 0 Å². The quantitative estimate of drug-likeness (QED) is 0.648. The molecule has 0 atom stereocenters. The van der Waals surface area contributed by atoms with Crippen LogP contribution in [0.1, 0.15) is 5.56 Å². The Morgan fingerprint density at radius 3 is 2.00 bits per heavy atom. The van der Waals surface area contributed by atoms with E-state index < -0.39 is 10.1 Å². The molecule has 1 aromatic carbocycles. The van der Waals surface area contributed by atoms with Gasteiger partial charge < -0.3 is 0 Å². The van der Waals surface area contributed by atoms with Gasteiger partial charge in [0.15, 0.2) is 0 Å². The maximum absolute atomic E-state index is 10.5. The van der Waals surface area contributed by atoms with Crippen molar-refractivity contribution in [3.8, 4) is 0 Å². The maximum atomic E-state index is 10.5. The Hall–Kier alpha value is -0.870. The van der Waals surface area contributed by atoms with Gasteiger partial charge in [-0.05, 0) is 19.1 Å². The predicted molar refractivity (Wildman–Crippen MR) is 41.0 cm³/mol. The monoisotopic (exact) mass is 172 g/mol. The van der Waals surface area contributed by atoms with Crippen LogP contribution in [0.2, 0.25) is 0 Å². The number of rotatable bonds is 1. The summed E-state index contributed by atoms with van der Waals surface area (Å²) in [5.41, 5.74) is 0.956. The van der Waals surface area contributed by atoms with Crippen LogP contribution in [0.4, 0.5) is 0 Å². The zero-order valence-electron chi connectivity index (χ0n) is 5.98. The molecule has 60 valence electrons. The first-order valence-corrected chi connectivity index (χ1v) is 4.48. The largest absolute Gasteiger partial charge is 0.294 e. The average molecular weight is 172 g/mol. The molecule has 1 N–H and O–H groups in total. The highest BCUT2D eigenvalue weighted by atomic mass is 32.2. The predicted octanol–water partition coefficient (Wildman–Crippen LogP) is 1.24. The van der Waals surface area contributed by atoms with E-state index in [9.17, 15) is 8.42 Å². The first-order chi connectivity index (χ1) is 5.00. The second-order valence-corrected chi connectivity index (χ2v) is 3.71. The van der Waals surface area contributed by atoms with Crippen molar-refractivity contribution in [2.45, 2.75) is 11.8 Å². The van der Waals surface area contributed by atoms with Crippen molar-refractivity contribution in [1.82, 2.24) is 0 Å². The number of hydrogen-bond donors (Lipinski definition) is 1. The van der Waals surface area contributed by atoms with Crippen LogP contribution in [0, 0.1) is 6.92 Å². The molecule has 1 rings (SSSR count). The van der Waals surface area contributed by atoms with Crippen molar-refractivity contribution in [3.63, 3.8) is 0 Å². The van der Waals surface area contributed by atoms with E-state index in [1.165, 1.54) is 12.1 Å². The van der Waals surface area contributed by atoms with Crippen LogP contribution >= 0.6 is 0 Å². The van der Waals surface area contributed by atoms with Gasteiger partial charge in [-0.2, -0.15) is 8.42 Å². The van der Waals surface area contributed by atoms with E-state index in [1.54, 1.807) is 12.1 Å². The Morgan fingerprint density at radius 2 is 1.64 bits per heavy atom. The molecule has 0 bridgehead atoms. The normalized spacial score (nSPS) is 11.5. The third-order valence-corrected chi connectivity index (χ3v) is 2.19. The van der Waals surface area contributed by atoms with Gasteiger partial charge in [-0.15, -0.1) is 0 Å². The van der Waals surface area contributed by atoms with Crippen LogP contribution in [-0.2, 0) is 10.1 Å². The van der Waals surface area contributed by atoms with Crippen molar-refractivity contribution >= 4 is 10.1 Å². The Kier molecular flexibility index (Phi) is 1.97. The fourth-order valence-electron chi connectivity index (χ4n) is 0.710. The topological polar surface area (TPSA) is 54.4 Å². The van der Waals surface area contributed by atoms with E-state index in [4.69, 9.17) is 4.55 Å². The molecule has 0 saturated carbocycles. The van der Waals surface area contributed by atoms with Crippen molar-refractivity contribution in [2.75, 3.05) is 0 Å². The summed E-state index contributed by atoms with van der Waals surface area (Å²) in [7, 11) is -4.02. The molecule has 0 unspecified atom stereocenters. The van der Waals surface area contributed by atoms with E-state index in [0.29, 0.717) is 0 Å². The van der Waals surface area contributed by atoms with Crippen molar-refractivity contribution in [3.05, 3.63) is 29.8 Å². The van der Waals surface area contributed by atoms with Crippen LogP contribution in [0.5, 0.6) is 0 Å². The van der Waals surface area contributed by atoms with Crippen LogP contribution in [0.3, 0.4) is 0 Å². The smallest absolute Gasteiger partial charge is 0.282 e. The fourth-order valence-corrected chi connectivity index (χ4v) is 1.19. The SMILES string of the molecule is Cc1cc[12c](S(=O)(=O)O)cc1. The summed E-state index contributed by atoms with van der Waals surface area (Å²) in [6.07, 6.45) is 0. The summed E-state index contributed by atoms with van der Waals surface area (Å²) in [4.78, 5) is -0.0666. The zero-order chi connectivity index (χ0) is 8.48. The standard InChI is InChI=1S/C7H8O3S/c1-6-2-4-7(5-3-6)11(8,9)10/h2-5H,1H3,(H,8,9,10)/i7+0.